The van der Waals surface area contributed by atoms with Gasteiger partial charge in [-0.05, 0) is 43.6 Å². The number of amides is 2. The summed E-state index contributed by atoms with van der Waals surface area (Å²) >= 11 is 1.49. The molecule has 0 aromatic carbocycles. The summed E-state index contributed by atoms with van der Waals surface area (Å²) in [6.45, 7) is 2.83. The molecule has 1 aliphatic carbocycles. The van der Waals surface area contributed by atoms with Gasteiger partial charge >= 0.3 is 0 Å². The molecule has 2 heterocycles. The van der Waals surface area contributed by atoms with Crippen LogP contribution in [0.15, 0.2) is 0 Å². The number of nitrogens with one attached hydrogen (secondary N) is 1. The van der Waals surface area contributed by atoms with Gasteiger partial charge in [-0.25, -0.2) is 0 Å². The van der Waals surface area contributed by atoms with E-state index in [0.29, 0.717) is 23.1 Å². The van der Waals surface area contributed by atoms with Crippen LogP contribution in [0.3, 0.4) is 0 Å². The van der Waals surface area contributed by atoms with Crippen LogP contribution in [0.2, 0.25) is 0 Å². The molecule has 6 heteroatoms. The summed E-state index contributed by atoms with van der Waals surface area (Å²) in [5.74, 6) is -0.00932. The van der Waals surface area contributed by atoms with E-state index in [0.717, 1.165) is 37.7 Å². The highest BCUT2D eigenvalue weighted by molar-refractivity contribution is 7.17. The summed E-state index contributed by atoms with van der Waals surface area (Å²) in [5, 5.41) is 3.46. The van der Waals surface area contributed by atoms with Gasteiger partial charge in [-0.1, -0.05) is 6.92 Å². The van der Waals surface area contributed by atoms with Gasteiger partial charge < -0.3 is 15.8 Å². The van der Waals surface area contributed by atoms with Crippen LogP contribution in [0.5, 0.6) is 0 Å². The average molecular weight is 308 g/mol. The number of anilines is 1. The van der Waals surface area contributed by atoms with E-state index >= 15 is 0 Å². The van der Waals surface area contributed by atoms with Crippen LogP contribution in [-0.4, -0.2) is 24.5 Å². The van der Waals surface area contributed by atoms with Crippen LogP contribution in [0.25, 0.3) is 0 Å². The van der Waals surface area contributed by atoms with Crippen LogP contribution in [0.4, 0.5) is 5.00 Å². The first kappa shape index (κ1) is 14.5. The molecular formula is C15H20N2O3S. The number of thiophene rings is 1. The maximum Gasteiger partial charge on any atom is 0.254 e. The molecule has 3 N–H and O–H groups in total. The van der Waals surface area contributed by atoms with Crippen molar-refractivity contribution in [2.45, 2.75) is 45.1 Å². The van der Waals surface area contributed by atoms with E-state index < -0.39 is 12.0 Å². The largest absolute Gasteiger partial charge is 0.368 e. The molecule has 0 saturated carbocycles. The smallest absolute Gasteiger partial charge is 0.254 e. The van der Waals surface area contributed by atoms with E-state index in [2.05, 4.69) is 12.2 Å². The molecule has 1 aromatic rings. The molecule has 1 aromatic heterocycles. The van der Waals surface area contributed by atoms with E-state index in [1.54, 1.807) is 0 Å². The Bertz CT molecular complexity index is 576. The maximum atomic E-state index is 12.2. The normalized spacial score (nSPS) is 24.6. The molecule has 1 aliphatic heterocycles. The molecule has 0 radical (unpaired) electrons. The topological polar surface area (TPSA) is 81.4 Å². The fourth-order valence-corrected chi connectivity index (χ4v) is 4.50. The van der Waals surface area contributed by atoms with Crippen molar-refractivity contribution in [3.63, 3.8) is 0 Å². The first-order chi connectivity index (χ1) is 10.1. The summed E-state index contributed by atoms with van der Waals surface area (Å²) in [6.07, 6.45) is 4.11. The lowest BCUT2D eigenvalue weighted by molar-refractivity contribution is -0.124. The second-order valence-corrected chi connectivity index (χ2v) is 7.02. The molecule has 1 saturated heterocycles. The van der Waals surface area contributed by atoms with Gasteiger partial charge in [-0.2, -0.15) is 0 Å². The second kappa shape index (κ2) is 5.77. The molecule has 2 aliphatic rings. The van der Waals surface area contributed by atoms with E-state index in [-0.39, 0.29) is 5.91 Å². The Morgan fingerprint density at radius 2 is 2.19 bits per heavy atom. The highest BCUT2D eigenvalue weighted by Crippen LogP contribution is 2.39. The lowest BCUT2D eigenvalue weighted by Crippen LogP contribution is -2.27. The van der Waals surface area contributed by atoms with Crippen LogP contribution in [0.1, 0.15) is 47.0 Å². The van der Waals surface area contributed by atoms with Gasteiger partial charge in [0.2, 0.25) is 0 Å². The minimum atomic E-state index is -0.454. The Morgan fingerprint density at radius 3 is 2.86 bits per heavy atom. The number of carbonyl (C=O) groups is 2. The minimum Gasteiger partial charge on any atom is -0.368 e. The number of hydrogen-bond acceptors (Lipinski definition) is 4. The molecule has 5 nitrogen and oxygen atoms in total. The van der Waals surface area contributed by atoms with E-state index in [1.807, 2.05) is 0 Å². The fourth-order valence-electron chi connectivity index (χ4n) is 3.08. The Morgan fingerprint density at radius 1 is 1.38 bits per heavy atom. The third-order valence-electron chi connectivity index (χ3n) is 4.22. The predicted octanol–water partition coefficient (Wildman–Crippen LogP) is 2.09. The van der Waals surface area contributed by atoms with Gasteiger partial charge in [0, 0.05) is 11.5 Å². The summed E-state index contributed by atoms with van der Waals surface area (Å²) in [5.41, 5.74) is 7.08. The molecule has 0 bridgehead atoms. The number of primary amides is 1. The highest BCUT2D eigenvalue weighted by Gasteiger charge is 2.29. The van der Waals surface area contributed by atoms with Crippen LogP contribution < -0.4 is 11.1 Å². The molecule has 3 rings (SSSR count). The zero-order valence-electron chi connectivity index (χ0n) is 12.1. The number of hydrogen-bond donors (Lipinski definition) is 2. The molecule has 21 heavy (non-hydrogen) atoms. The third-order valence-corrected chi connectivity index (χ3v) is 5.39. The lowest BCUT2D eigenvalue weighted by atomic mass is 9.88. The zero-order chi connectivity index (χ0) is 15.0. The monoisotopic (exact) mass is 308 g/mol. The quantitative estimate of drug-likeness (QED) is 0.897. The van der Waals surface area contributed by atoms with E-state index in [9.17, 15) is 9.59 Å². The molecular weight excluding hydrogens is 288 g/mol. The van der Waals surface area contributed by atoms with Gasteiger partial charge in [0.15, 0.2) is 0 Å². The third kappa shape index (κ3) is 2.82. The highest BCUT2D eigenvalue weighted by atomic mass is 32.1. The molecule has 2 amide bonds. The molecule has 0 spiro atoms. The number of carbonyl (C=O) groups excluding carboxylic acids is 2. The van der Waals surface area contributed by atoms with Crippen molar-refractivity contribution in [1.82, 2.24) is 0 Å². The second-order valence-electron chi connectivity index (χ2n) is 5.91. The van der Waals surface area contributed by atoms with Crippen molar-refractivity contribution in [1.29, 1.82) is 0 Å². The van der Waals surface area contributed by atoms with Crippen molar-refractivity contribution < 1.29 is 14.3 Å². The van der Waals surface area contributed by atoms with Gasteiger partial charge in [-0.3, -0.25) is 9.59 Å². The Balaban J connectivity index is 1.87. The first-order valence-electron chi connectivity index (χ1n) is 7.43. The molecule has 0 unspecified atom stereocenters. The van der Waals surface area contributed by atoms with Crippen molar-refractivity contribution in [2.75, 3.05) is 11.9 Å². The zero-order valence-corrected chi connectivity index (χ0v) is 12.9. The Kier molecular flexibility index (Phi) is 3.99. The van der Waals surface area contributed by atoms with Crippen molar-refractivity contribution in [3.8, 4) is 0 Å². The average Bonchev–Trinajstić information content (AvgIpc) is 3.04. The molecule has 1 fully saturated rings. The lowest BCUT2D eigenvalue weighted by Gasteiger charge is -2.18. The van der Waals surface area contributed by atoms with Gasteiger partial charge in [0.1, 0.15) is 11.1 Å². The maximum absolute atomic E-state index is 12.2. The number of fused-ring (bicyclic) bond motifs is 1. The Hall–Kier alpha value is -1.40. The van der Waals surface area contributed by atoms with Gasteiger partial charge in [-0.15, -0.1) is 11.3 Å². The first-order valence-corrected chi connectivity index (χ1v) is 8.24. The minimum absolute atomic E-state index is 0.165. The summed E-state index contributed by atoms with van der Waals surface area (Å²) in [7, 11) is 0. The number of rotatable bonds is 3. The molecule has 114 valence electrons. The van der Waals surface area contributed by atoms with Crippen molar-refractivity contribution >= 4 is 28.2 Å². The molecule has 2 atom stereocenters. The van der Waals surface area contributed by atoms with Gasteiger partial charge in [0.25, 0.3) is 11.8 Å². The van der Waals surface area contributed by atoms with Crippen LogP contribution >= 0.6 is 11.3 Å². The number of nitrogens with two attached hydrogens (primary N) is 1. The SMILES string of the molecule is C[C@H]1CCc2c(sc(NC(=O)[C@@H]3CCCO3)c2C(N)=O)C1. The van der Waals surface area contributed by atoms with Crippen LogP contribution in [0, 0.1) is 5.92 Å². The van der Waals surface area contributed by atoms with Crippen molar-refractivity contribution in [2.24, 2.45) is 11.7 Å². The van der Waals surface area contributed by atoms with E-state index in [4.69, 9.17) is 10.5 Å². The van der Waals surface area contributed by atoms with Crippen LogP contribution in [-0.2, 0) is 22.4 Å². The number of ether oxygens (including phenoxy) is 1. The Labute approximate surface area is 127 Å². The fraction of sp³-hybridized carbons (Fsp3) is 0.600. The standard InChI is InChI=1S/C15H20N2O3S/c1-8-4-5-9-11(7-8)21-15(12(9)13(16)18)17-14(19)10-3-2-6-20-10/h8,10H,2-7H2,1H3,(H2,16,18)(H,17,19)/t8-,10-/m0/s1. The van der Waals surface area contributed by atoms with Crippen molar-refractivity contribution in [3.05, 3.63) is 16.0 Å². The summed E-state index contributed by atoms with van der Waals surface area (Å²) in [4.78, 5) is 25.2. The summed E-state index contributed by atoms with van der Waals surface area (Å²) < 4.78 is 5.38. The predicted molar refractivity (Wildman–Crippen MR) is 81.6 cm³/mol. The van der Waals surface area contributed by atoms with E-state index in [1.165, 1.54) is 16.2 Å². The van der Waals surface area contributed by atoms with Gasteiger partial charge in [0.05, 0.1) is 5.56 Å². The summed E-state index contributed by atoms with van der Waals surface area (Å²) in [6, 6.07) is 0.